The number of benzene rings is 1. The molecule has 0 aliphatic carbocycles. The minimum absolute atomic E-state index is 0.0603. The second-order valence-electron chi connectivity index (χ2n) is 6.78. The van der Waals surface area contributed by atoms with Crippen LogP contribution in [0.3, 0.4) is 0 Å². The van der Waals surface area contributed by atoms with Gasteiger partial charge in [0.1, 0.15) is 0 Å². The molecule has 1 aromatic carbocycles. The lowest BCUT2D eigenvalue weighted by molar-refractivity contribution is -0.286. The zero-order chi connectivity index (χ0) is 22.5. The number of alkyl halides is 2. The molecular formula is C19H14F2N6O5. The molecule has 3 aromatic heterocycles. The Hall–Kier alpha value is -4.29. The SMILES string of the molecule is CCOC(=O)c1cnn(-c2nc3c(ncn3Cc3ccc4c(c3)OC(F)(F)O4)c(=O)[nH]2)c1. The number of esters is 1. The van der Waals surface area contributed by atoms with Gasteiger partial charge in [-0.3, -0.25) is 9.78 Å². The molecule has 0 bridgehead atoms. The molecule has 1 aliphatic rings. The zero-order valence-corrected chi connectivity index (χ0v) is 16.4. The first-order valence-electron chi connectivity index (χ1n) is 9.39. The second-order valence-corrected chi connectivity index (χ2v) is 6.78. The molecule has 32 heavy (non-hydrogen) atoms. The van der Waals surface area contributed by atoms with E-state index in [1.165, 1.54) is 35.5 Å². The molecule has 0 fully saturated rings. The second kappa shape index (κ2) is 7.14. The van der Waals surface area contributed by atoms with Crippen LogP contribution in [-0.4, -0.2) is 48.2 Å². The van der Waals surface area contributed by atoms with Crippen LogP contribution in [0.2, 0.25) is 0 Å². The van der Waals surface area contributed by atoms with Crippen molar-refractivity contribution in [3.63, 3.8) is 0 Å². The molecule has 11 nitrogen and oxygen atoms in total. The van der Waals surface area contributed by atoms with Crippen molar-refractivity contribution in [2.24, 2.45) is 0 Å². The van der Waals surface area contributed by atoms with Crippen molar-refractivity contribution in [1.82, 2.24) is 29.3 Å². The van der Waals surface area contributed by atoms with E-state index >= 15 is 0 Å². The summed E-state index contributed by atoms with van der Waals surface area (Å²) < 4.78 is 43.1. The molecule has 5 rings (SSSR count). The first kappa shape index (κ1) is 19.7. The van der Waals surface area contributed by atoms with Crippen LogP contribution < -0.4 is 15.0 Å². The fourth-order valence-corrected chi connectivity index (χ4v) is 3.21. The number of carbonyl (C=O) groups is 1. The summed E-state index contributed by atoms with van der Waals surface area (Å²) in [5.41, 5.74) is 0.595. The number of ether oxygens (including phenoxy) is 3. The Balaban J connectivity index is 1.48. The molecule has 0 unspecified atom stereocenters. The molecular weight excluding hydrogens is 430 g/mol. The van der Waals surface area contributed by atoms with Gasteiger partial charge < -0.3 is 18.8 Å². The van der Waals surface area contributed by atoms with Gasteiger partial charge >= 0.3 is 12.3 Å². The van der Waals surface area contributed by atoms with E-state index < -0.39 is 17.8 Å². The molecule has 13 heteroatoms. The zero-order valence-electron chi connectivity index (χ0n) is 16.4. The highest BCUT2D eigenvalue weighted by Gasteiger charge is 2.43. The highest BCUT2D eigenvalue weighted by molar-refractivity contribution is 5.88. The van der Waals surface area contributed by atoms with Crippen molar-refractivity contribution in [2.75, 3.05) is 6.61 Å². The Morgan fingerprint density at radius 3 is 2.91 bits per heavy atom. The maximum atomic E-state index is 13.3. The Bertz CT molecular complexity index is 1410. The average Bonchev–Trinajstić information content (AvgIpc) is 3.44. The normalized spacial score (nSPS) is 14.1. The summed E-state index contributed by atoms with van der Waals surface area (Å²) in [6, 6.07) is 4.37. The number of aromatic nitrogens is 6. The largest absolute Gasteiger partial charge is 0.586 e. The standard InChI is InChI=1S/C19H14F2N6O5/c1-2-30-17(29)11-6-23-27(8-11)18-24-15-14(16(28)25-18)22-9-26(15)7-10-3-4-12-13(5-10)32-19(20,21)31-12/h3-6,8-9H,2,7H2,1H3,(H,24,25,28). The summed E-state index contributed by atoms with van der Waals surface area (Å²) in [6.07, 6.45) is 0.365. The third kappa shape index (κ3) is 3.42. The van der Waals surface area contributed by atoms with Gasteiger partial charge in [0.15, 0.2) is 22.7 Å². The summed E-state index contributed by atoms with van der Waals surface area (Å²) >= 11 is 0. The number of nitrogens with zero attached hydrogens (tertiary/aromatic N) is 5. The van der Waals surface area contributed by atoms with Crippen molar-refractivity contribution in [2.45, 2.75) is 19.8 Å². The number of H-pyrrole nitrogens is 1. The van der Waals surface area contributed by atoms with E-state index in [2.05, 4.69) is 29.5 Å². The summed E-state index contributed by atoms with van der Waals surface area (Å²) in [6.45, 7) is 2.06. The van der Waals surface area contributed by atoms with E-state index in [4.69, 9.17) is 4.74 Å². The van der Waals surface area contributed by atoms with Crippen LogP contribution in [0.5, 0.6) is 11.5 Å². The number of carbonyl (C=O) groups excluding carboxylic acids is 1. The van der Waals surface area contributed by atoms with Crippen molar-refractivity contribution < 1.29 is 27.8 Å². The van der Waals surface area contributed by atoms with Crippen LogP contribution in [0, 0.1) is 0 Å². The molecule has 164 valence electrons. The first-order chi connectivity index (χ1) is 15.3. The van der Waals surface area contributed by atoms with Crippen LogP contribution in [0.4, 0.5) is 8.78 Å². The third-order valence-corrected chi connectivity index (χ3v) is 4.59. The molecule has 4 heterocycles. The van der Waals surface area contributed by atoms with E-state index in [1.807, 2.05) is 0 Å². The monoisotopic (exact) mass is 444 g/mol. The molecule has 0 radical (unpaired) electrons. The number of halogens is 2. The van der Waals surface area contributed by atoms with Crippen LogP contribution in [0.15, 0.2) is 41.7 Å². The van der Waals surface area contributed by atoms with Gasteiger partial charge in [0.25, 0.3) is 5.56 Å². The number of nitrogens with one attached hydrogen (secondary N) is 1. The highest BCUT2D eigenvalue weighted by atomic mass is 19.3. The molecule has 0 amide bonds. The van der Waals surface area contributed by atoms with Crippen LogP contribution in [-0.2, 0) is 11.3 Å². The summed E-state index contributed by atoms with van der Waals surface area (Å²) in [4.78, 5) is 35.4. The number of hydrogen-bond donors (Lipinski definition) is 1. The fourth-order valence-electron chi connectivity index (χ4n) is 3.21. The Labute approximate surface area is 177 Å². The van der Waals surface area contributed by atoms with E-state index in [0.717, 1.165) is 0 Å². The lowest BCUT2D eigenvalue weighted by Crippen LogP contribution is -2.25. The maximum Gasteiger partial charge on any atom is 0.586 e. The van der Waals surface area contributed by atoms with Crippen LogP contribution in [0.1, 0.15) is 22.8 Å². The third-order valence-electron chi connectivity index (χ3n) is 4.59. The number of aromatic amines is 1. The van der Waals surface area contributed by atoms with Crippen molar-refractivity contribution >= 4 is 17.1 Å². The summed E-state index contributed by atoms with van der Waals surface area (Å²) in [5.74, 6) is -0.653. The van der Waals surface area contributed by atoms with Gasteiger partial charge in [-0.2, -0.15) is 10.1 Å². The molecule has 1 N–H and O–H groups in total. The van der Waals surface area contributed by atoms with Crippen LogP contribution in [0.25, 0.3) is 17.1 Å². The summed E-state index contributed by atoms with van der Waals surface area (Å²) in [5, 5.41) is 4.04. The number of hydrogen-bond acceptors (Lipinski definition) is 8. The number of imidazole rings is 1. The van der Waals surface area contributed by atoms with Gasteiger partial charge in [-0.25, -0.2) is 14.5 Å². The van der Waals surface area contributed by atoms with Crippen molar-refractivity contribution in [1.29, 1.82) is 0 Å². The molecule has 0 atom stereocenters. The quantitative estimate of drug-likeness (QED) is 0.462. The van der Waals surface area contributed by atoms with Gasteiger partial charge in [0.2, 0.25) is 5.95 Å². The predicted molar refractivity (Wildman–Crippen MR) is 103 cm³/mol. The van der Waals surface area contributed by atoms with Gasteiger partial charge in [0.05, 0.1) is 31.2 Å². The topological polar surface area (TPSA) is 126 Å². The number of rotatable bonds is 5. The molecule has 1 aliphatic heterocycles. The van der Waals surface area contributed by atoms with E-state index in [0.29, 0.717) is 5.56 Å². The summed E-state index contributed by atoms with van der Waals surface area (Å²) in [7, 11) is 0. The molecule has 0 saturated heterocycles. The van der Waals surface area contributed by atoms with Gasteiger partial charge in [0, 0.05) is 6.20 Å². The lowest BCUT2D eigenvalue weighted by atomic mass is 10.2. The van der Waals surface area contributed by atoms with Gasteiger partial charge in [-0.05, 0) is 24.6 Å². The van der Waals surface area contributed by atoms with Crippen molar-refractivity contribution in [3.05, 3.63) is 58.4 Å². The van der Waals surface area contributed by atoms with Gasteiger partial charge in [-0.1, -0.05) is 6.07 Å². The smallest absolute Gasteiger partial charge is 0.462 e. The Kier molecular flexibility index (Phi) is 4.39. The number of fused-ring (bicyclic) bond motifs is 2. The molecule has 0 saturated carbocycles. The van der Waals surface area contributed by atoms with E-state index in [-0.39, 0.29) is 47.3 Å². The highest BCUT2D eigenvalue weighted by Crippen LogP contribution is 2.41. The first-order valence-corrected chi connectivity index (χ1v) is 9.39. The molecule has 0 spiro atoms. The Morgan fingerprint density at radius 2 is 2.09 bits per heavy atom. The minimum Gasteiger partial charge on any atom is -0.462 e. The maximum absolute atomic E-state index is 13.3. The average molecular weight is 444 g/mol. The van der Waals surface area contributed by atoms with Crippen LogP contribution >= 0.6 is 0 Å². The van der Waals surface area contributed by atoms with Gasteiger partial charge in [-0.15, -0.1) is 8.78 Å². The Morgan fingerprint density at radius 1 is 1.28 bits per heavy atom. The molecule has 4 aromatic rings. The predicted octanol–water partition coefficient (Wildman–Crippen LogP) is 1.85. The van der Waals surface area contributed by atoms with Crippen molar-refractivity contribution in [3.8, 4) is 17.4 Å². The van der Waals surface area contributed by atoms with E-state index in [9.17, 15) is 18.4 Å². The fraction of sp³-hybridized carbons (Fsp3) is 0.211. The minimum atomic E-state index is -3.71. The lowest BCUT2D eigenvalue weighted by Gasteiger charge is -2.06. The van der Waals surface area contributed by atoms with E-state index in [1.54, 1.807) is 17.6 Å².